The van der Waals surface area contributed by atoms with E-state index in [1.165, 1.54) is 6.42 Å². The highest BCUT2D eigenvalue weighted by Crippen LogP contribution is 2.14. The predicted molar refractivity (Wildman–Crippen MR) is 46.8 cm³/mol. The molecule has 1 heterocycles. The molecule has 0 bridgehead atoms. The van der Waals surface area contributed by atoms with Crippen LogP contribution in [-0.4, -0.2) is 25.7 Å². The fraction of sp³-hybridized carbons (Fsp3) is 0.889. The standard InChI is InChI=1S/C9H17NO2/c1-2-12-9(11)6-8-4-3-5-10-7-8/h8,10H,2-7H2,1H3/t8-/m0/s1. The van der Waals surface area contributed by atoms with Crippen LogP contribution in [0.25, 0.3) is 0 Å². The number of hydrogen-bond acceptors (Lipinski definition) is 3. The molecule has 0 aromatic carbocycles. The SMILES string of the molecule is CCOC(=O)C[C@@H]1CCCNC1. The first-order valence-corrected chi connectivity index (χ1v) is 4.69. The molecule has 70 valence electrons. The number of esters is 1. The van der Waals surface area contributed by atoms with E-state index in [-0.39, 0.29) is 5.97 Å². The molecular formula is C9H17NO2. The summed E-state index contributed by atoms with van der Waals surface area (Å²) in [5, 5.41) is 3.27. The maximum atomic E-state index is 11.1. The molecule has 1 fully saturated rings. The third-order valence-corrected chi connectivity index (χ3v) is 2.16. The lowest BCUT2D eigenvalue weighted by Gasteiger charge is -2.21. The molecule has 12 heavy (non-hydrogen) atoms. The second-order valence-corrected chi connectivity index (χ2v) is 3.22. The molecule has 1 atom stereocenters. The maximum Gasteiger partial charge on any atom is 0.306 e. The van der Waals surface area contributed by atoms with Crippen LogP contribution in [0.3, 0.4) is 0 Å². The van der Waals surface area contributed by atoms with Crippen LogP contribution in [0, 0.1) is 5.92 Å². The van der Waals surface area contributed by atoms with Crippen molar-refractivity contribution < 1.29 is 9.53 Å². The Balaban J connectivity index is 2.15. The van der Waals surface area contributed by atoms with Crippen molar-refractivity contribution in [2.75, 3.05) is 19.7 Å². The number of piperidine rings is 1. The summed E-state index contributed by atoms with van der Waals surface area (Å²) < 4.78 is 4.88. The predicted octanol–water partition coefficient (Wildman–Crippen LogP) is 0.939. The van der Waals surface area contributed by atoms with Gasteiger partial charge in [-0.1, -0.05) is 0 Å². The normalized spacial score (nSPS) is 23.6. The average Bonchev–Trinajstić information content (AvgIpc) is 2.06. The first kappa shape index (κ1) is 9.52. The second-order valence-electron chi connectivity index (χ2n) is 3.22. The van der Waals surface area contributed by atoms with E-state index >= 15 is 0 Å². The van der Waals surface area contributed by atoms with Gasteiger partial charge in [-0.15, -0.1) is 0 Å². The zero-order chi connectivity index (χ0) is 8.81. The fourth-order valence-corrected chi connectivity index (χ4v) is 1.55. The third kappa shape index (κ3) is 3.22. The molecule has 1 N–H and O–H groups in total. The molecule has 0 radical (unpaired) electrons. The fourth-order valence-electron chi connectivity index (χ4n) is 1.55. The average molecular weight is 171 g/mol. The summed E-state index contributed by atoms with van der Waals surface area (Å²) in [5.74, 6) is 0.448. The number of carbonyl (C=O) groups excluding carboxylic acids is 1. The number of carbonyl (C=O) groups is 1. The van der Waals surface area contributed by atoms with Crippen molar-refractivity contribution in [3.8, 4) is 0 Å². The van der Waals surface area contributed by atoms with Gasteiger partial charge in [0.1, 0.15) is 0 Å². The minimum atomic E-state index is -0.0498. The lowest BCUT2D eigenvalue weighted by molar-refractivity contribution is -0.144. The van der Waals surface area contributed by atoms with E-state index in [0.29, 0.717) is 18.9 Å². The summed E-state index contributed by atoms with van der Waals surface area (Å²) in [5.41, 5.74) is 0. The van der Waals surface area contributed by atoms with Gasteiger partial charge in [0.15, 0.2) is 0 Å². The Morgan fingerprint density at radius 3 is 3.08 bits per heavy atom. The molecule has 0 aromatic heterocycles. The second kappa shape index (κ2) is 5.14. The van der Waals surface area contributed by atoms with Gasteiger partial charge < -0.3 is 10.1 Å². The van der Waals surface area contributed by atoms with Gasteiger partial charge >= 0.3 is 5.97 Å². The molecule has 3 heteroatoms. The minimum absolute atomic E-state index is 0.0498. The lowest BCUT2D eigenvalue weighted by Crippen LogP contribution is -2.31. The molecule has 0 saturated carbocycles. The van der Waals surface area contributed by atoms with E-state index in [4.69, 9.17) is 4.74 Å². The lowest BCUT2D eigenvalue weighted by atomic mass is 9.96. The first-order chi connectivity index (χ1) is 5.83. The van der Waals surface area contributed by atoms with Crippen LogP contribution in [0.5, 0.6) is 0 Å². The van der Waals surface area contributed by atoms with Gasteiger partial charge in [-0.05, 0) is 38.8 Å². The minimum Gasteiger partial charge on any atom is -0.466 e. The van der Waals surface area contributed by atoms with Gasteiger partial charge in [-0.25, -0.2) is 0 Å². The number of hydrogen-bond donors (Lipinski definition) is 1. The van der Waals surface area contributed by atoms with Gasteiger partial charge in [0, 0.05) is 6.42 Å². The molecule has 0 spiro atoms. The van der Waals surface area contributed by atoms with Crippen LogP contribution in [0.15, 0.2) is 0 Å². The van der Waals surface area contributed by atoms with Crippen LogP contribution in [0.1, 0.15) is 26.2 Å². The largest absolute Gasteiger partial charge is 0.466 e. The number of nitrogens with one attached hydrogen (secondary N) is 1. The van der Waals surface area contributed by atoms with Crippen molar-refractivity contribution >= 4 is 5.97 Å². The first-order valence-electron chi connectivity index (χ1n) is 4.69. The Morgan fingerprint density at radius 2 is 2.50 bits per heavy atom. The maximum absolute atomic E-state index is 11.1. The van der Waals surface area contributed by atoms with Crippen molar-refractivity contribution in [2.24, 2.45) is 5.92 Å². The molecule has 1 aliphatic rings. The summed E-state index contributed by atoms with van der Waals surface area (Å²) in [6.07, 6.45) is 2.93. The smallest absolute Gasteiger partial charge is 0.306 e. The van der Waals surface area contributed by atoms with Crippen LogP contribution in [0.2, 0.25) is 0 Å². The van der Waals surface area contributed by atoms with Gasteiger partial charge in [0.2, 0.25) is 0 Å². The zero-order valence-electron chi connectivity index (χ0n) is 7.64. The van der Waals surface area contributed by atoms with Crippen molar-refractivity contribution in [2.45, 2.75) is 26.2 Å². The van der Waals surface area contributed by atoms with Crippen molar-refractivity contribution in [3.63, 3.8) is 0 Å². The summed E-state index contributed by atoms with van der Waals surface area (Å²) in [6.45, 7) is 4.41. The highest BCUT2D eigenvalue weighted by molar-refractivity contribution is 5.69. The monoisotopic (exact) mass is 171 g/mol. The highest BCUT2D eigenvalue weighted by atomic mass is 16.5. The van der Waals surface area contributed by atoms with Crippen LogP contribution in [-0.2, 0) is 9.53 Å². The molecular weight excluding hydrogens is 154 g/mol. The highest BCUT2D eigenvalue weighted by Gasteiger charge is 2.16. The number of ether oxygens (including phenoxy) is 1. The summed E-state index contributed by atoms with van der Waals surface area (Å²) in [6, 6.07) is 0. The Kier molecular flexibility index (Phi) is 4.08. The third-order valence-electron chi connectivity index (χ3n) is 2.16. The van der Waals surface area contributed by atoms with E-state index in [9.17, 15) is 4.79 Å². The molecule has 3 nitrogen and oxygen atoms in total. The summed E-state index contributed by atoms with van der Waals surface area (Å²) >= 11 is 0. The van der Waals surface area contributed by atoms with E-state index in [0.717, 1.165) is 19.5 Å². The van der Waals surface area contributed by atoms with Gasteiger partial charge in [-0.3, -0.25) is 4.79 Å². The Morgan fingerprint density at radius 1 is 1.67 bits per heavy atom. The Labute approximate surface area is 73.5 Å². The Hall–Kier alpha value is -0.570. The molecule has 0 aliphatic carbocycles. The molecule has 1 rings (SSSR count). The van der Waals surface area contributed by atoms with E-state index in [1.807, 2.05) is 6.92 Å². The molecule has 0 amide bonds. The molecule has 1 aliphatic heterocycles. The number of rotatable bonds is 3. The van der Waals surface area contributed by atoms with Crippen LogP contribution in [0.4, 0.5) is 0 Å². The van der Waals surface area contributed by atoms with Crippen molar-refractivity contribution in [3.05, 3.63) is 0 Å². The van der Waals surface area contributed by atoms with Crippen LogP contribution < -0.4 is 5.32 Å². The van der Waals surface area contributed by atoms with E-state index in [1.54, 1.807) is 0 Å². The zero-order valence-corrected chi connectivity index (χ0v) is 7.64. The quantitative estimate of drug-likeness (QED) is 0.642. The van der Waals surface area contributed by atoms with Gasteiger partial charge in [0.05, 0.1) is 6.61 Å². The topological polar surface area (TPSA) is 38.3 Å². The molecule has 0 unspecified atom stereocenters. The molecule has 0 aromatic rings. The summed E-state index contributed by atoms with van der Waals surface area (Å²) in [4.78, 5) is 11.1. The van der Waals surface area contributed by atoms with E-state index in [2.05, 4.69) is 5.32 Å². The van der Waals surface area contributed by atoms with Crippen molar-refractivity contribution in [1.82, 2.24) is 5.32 Å². The molecule has 1 saturated heterocycles. The van der Waals surface area contributed by atoms with Gasteiger partial charge in [-0.2, -0.15) is 0 Å². The van der Waals surface area contributed by atoms with E-state index < -0.39 is 0 Å². The Bertz CT molecular complexity index is 141. The van der Waals surface area contributed by atoms with Gasteiger partial charge in [0.25, 0.3) is 0 Å². The summed E-state index contributed by atoms with van der Waals surface area (Å²) in [7, 11) is 0. The van der Waals surface area contributed by atoms with Crippen molar-refractivity contribution in [1.29, 1.82) is 0 Å². The van der Waals surface area contributed by atoms with Crippen LogP contribution >= 0.6 is 0 Å².